The van der Waals surface area contributed by atoms with Crippen molar-refractivity contribution >= 4 is 28.5 Å². The van der Waals surface area contributed by atoms with Gasteiger partial charge in [-0.1, -0.05) is 72.3 Å². The van der Waals surface area contributed by atoms with E-state index in [4.69, 9.17) is 25.5 Å². The molecule has 220 valence electrons. The van der Waals surface area contributed by atoms with Gasteiger partial charge in [-0.05, 0) is 52.9 Å². The molecule has 0 saturated carbocycles. The Morgan fingerprint density at radius 2 is 1.67 bits per heavy atom. The zero-order chi connectivity index (χ0) is 30.3. The smallest absolute Gasteiger partial charge is 0.336 e. The molecule has 9 heteroatoms. The molecule has 1 atom stereocenters. The van der Waals surface area contributed by atoms with Gasteiger partial charge < -0.3 is 24.1 Å². The normalized spacial score (nSPS) is 11.8. The Bertz CT molecular complexity index is 1800. The summed E-state index contributed by atoms with van der Waals surface area (Å²) in [5.41, 5.74) is 5.64. The quantitative estimate of drug-likeness (QED) is 0.147. The molecule has 0 spiro atoms. The van der Waals surface area contributed by atoms with Crippen LogP contribution in [0.5, 0.6) is 11.5 Å². The monoisotopic (exact) mass is 599 g/mol. The van der Waals surface area contributed by atoms with E-state index >= 15 is 0 Å². The molecule has 0 aliphatic carbocycles. The van der Waals surface area contributed by atoms with Gasteiger partial charge in [0.1, 0.15) is 36.3 Å². The average Bonchev–Trinajstić information content (AvgIpc) is 3.01. The number of hydrogen-bond donors (Lipinski definition) is 3. The van der Waals surface area contributed by atoms with Crippen LogP contribution < -0.4 is 20.4 Å². The Hall–Kier alpha value is -4.63. The largest absolute Gasteiger partial charge is 0.488 e. The highest BCUT2D eigenvalue weighted by Gasteiger charge is 2.18. The lowest BCUT2D eigenvalue weighted by Gasteiger charge is -2.18. The molecule has 5 rings (SSSR count). The number of hydrogen-bond acceptors (Lipinski definition) is 7. The van der Waals surface area contributed by atoms with Crippen LogP contribution in [0.15, 0.2) is 100 Å². The summed E-state index contributed by atoms with van der Waals surface area (Å²) < 4.78 is 17.6. The molecule has 0 amide bonds. The summed E-state index contributed by atoms with van der Waals surface area (Å²) in [6, 6.07) is 26.8. The third-order valence-electron chi connectivity index (χ3n) is 7.13. The number of aliphatic carboxylic acids is 1. The minimum atomic E-state index is -1.18. The molecule has 1 aromatic heterocycles. The second-order valence-corrected chi connectivity index (χ2v) is 10.4. The van der Waals surface area contributed by atoms with Crippen molar-refractivity contribution in [2.45, 2.75) is 32.7 Å². The van der Waals surface area contributed by atoms with Gasteiger partial charge in [-0.25, -0.2) is 4.79 Å². The maximum Gasteiger partial charge on any atom is 0.336 e. The van der Waals surface area contributed by atoms with Crippen LogP contribution in [-0.4, -0.2) is 28.8 Å². The Morgan fingerprint density at radius 3 is 2.44 bits per heavy atom. The van der Waals surface area contributed by atoms with Gasteiger partial charge in [0.15, 0.2) is 0 Å². The van der Waals surface area contributed by atoms with E-state index in [1.807, 2.05) is 42.5 Å². The van der Waals surface area contributed by atoms with E-state index in [-0.39, 0.29) is 19.8 Å². The topological polar surface area (TPSA) is 118 Å². The molecule has 1 heterocycles. The number of aliphatic hydroxyl groups excluding tert-OH is 1. The number of carbonyl (C=O) groups is 1. The zero-order valence-electron chi connectivity index (χ0n) is 23.4. The highest BCUT2D eigenvalue weighted by molar-refractivity contribution is 6.32. The molecule has 0 unspecified atom stereocenters. The van der Waals surface area contributed by atoms with Crippen molar-refractivity contribution < 1.29 is 28.9 Å². The van der Waals surface area contributed by atoms with Crippen molar-refractivity contribution in [1.82, 2.24) is 5.32 Å². The first-order chi connectivity index (χ1) is 20.8. The minimum absolute atomic E-state index is 0.0671. The second kappa shape index (κ2) is 13.6. The fraction of sp³-hybridized carbons (Fsp3) is 0.176. The summed E-state index contributed by atoms with van der Waals surface area (Å²) in [6.45, 7) is 1.93. The van der Waals surface area contributed by atoms with Crippen LogP contribution >= 0.6 is 11.6 Å². The van der Waals surface area contributed by atoms with E-state index in [9.17, 15) is 19.8 Å². The molecule has 0 fully saturated rings. The Morgan fingerprint density at radius 1 is 0.907 bits per heavy atom. The number of carboxylic acid groups (broad SMARTS) is 1. The number of carboxylic acids is 1. The van der Waals surface area contributed by atoms with Gasteiger partial charge in [-0.3, -0.25) is 10.1 Å². The van der Waals surface area contributed by atoms with Crippen molar-refractivity contribution in [1.29, 1.82) is 0 Å². The maximum absolute atomic E-state index is 11.7. The van der Waals surface area contributed by atoms with Gasteiger partial charge in [0.2, 0.25) is 0 Å². The van der Waals surface area contributed by atoms with Crippen molar-refractivity contribution in [2.24, 2.45) is 0 Å². The van der Waals surface area contributed by atoms with E-state index < -0.39 is 24.2 Å². The fourth-order valence-corrected chi connectivity index (χ4v) is 4.94. The number of benzene rings is 4. The zero-order valence-corrected chi connectivity index (χ0v) is 24.1. The first kappa shape index (κ1) is 29.8. The summed E-state index contributed by atoms with van der Waals surface area (Å²) in [6.07, 6.45) is 0. The molecular formula is C34H30ClNO7. The van der Waals surface area contributed by atoms with Crippen LogP contribution in [-0.2, 0) is 24.6 Å². The summed E-state index contributed by atoms with van der Waals surface area (Å²) in [4.78, 5) is 23.1. The van der Waals surface area contributed by atoms with Gasteiger partial charge in [-0.15, -0.1) is 0 Å². The van der Waals surface area contributed by atoms with Crippen molar-refractivity contribution in [3.8, 4) is 22.6 Å². The first-order valence-corrected chi connectivity index (χ1v) is 14.0. The number of fused-ring (bicyclic) bond motifs is 1. The molecule has 0 radical (unpaired) electrons. The molecule has 0 bridgehead atoms. The summed E-state index contributed by atoms with van der Waals surface area (Å²) in [5, 5.41) is 22.7. The van der Waals surface area contributed by atoms with Crippen LogP contribution in [0.2, 0.25) is 5.02 Å². The molecule has 43 heavy (non-hydrogen) atoms. The van der Waals surface area contributed by atoms with Crippen molar-refractivity contribution in [2.75, 3.05) is 6.61 Å². The number of nitrogens with one attached hydrogen (secondary N) is 1. The minimum Gasteiger partial charge on any atom is -0.488 e. The van der Waals surface area contributed by atoms with Gasteiger partial charge >= 0.3 is 11.6 Å². The van der Waals surface area contributed by atoms with E-state index in [1.165, 1.54) is 6.07 Å². The van der Waals surface area contributed by atoms with Gasteiger partial charge in [-0.2, -0.15) is 0 Å². The van der Waals surface area contributed by atoms with Crippen LogP contribution in [0.1, 0.15) is 22.3 Å². The van der Waals surface area contributed by atoms with Gasteiger partial charge in [0, 0.05) is 29.6 Å². The third kappa shape index (κ3) is 7.24. The molecule has 8 nitrogen and oxygen atoms in total. The van der Waals surface area contributed by atoms with Crippen LogP contribution in [0.4, 0.5) is 0 Å². The Kier molecular flexibility index (Phi) is 9.41. The fourth-order valence-electron chi connectivity index (χ4n) is 4.70. The lowest BCUT2D eigenvalue weighted by molar-refractivity contribution is -0.140. The number of rotatable bonds is 12. The average molecular weight is 600 g/mol. The van der Waals surface area contributed by atoms with Crippen LogP contribution in [0.25, 0.3) is 22.1 Å². The lowest BCUT2D eigenvalue weighted by atomic mass is 9.97. The predicted octanol–water partition coefficient (Wildman–Crippen LogP) is 6.11. The van der Waals surface area contributed by atoms with Crippen molar-refractivity contribution in [3.63, 3.8) is 0 Å². The molecular weight excluding hydrogens is 570 g/mol. The van der Waals surface area contributed by atoms with E-state index in [0.717, 1.165) is 33.2 Å². The van der Waals surface area contributed by atoms with Gasteiger partial charge in [0.25, 0.3) is 0 Å². The Balaban J connectivity index is 1.40. The van der Waals surface area contributed by atoms with E-state index in [2.05, 4.69) is 30.4 Å². The lowest BCUT2D eigenvalue weighted by Crippen LogP contribution is -2.39. The second-order valence-electron chi connectivity index (χ2n) is 10.0. The van der Waals surface area contributed by atoms with E-state index in [0.29, 0.717) is 27.7 Å². The maximum atomic E-state index is 11.7. The van der Waals surface area contributed by atoms with Crippen LogP contribution in [0.3, 0.4) is 0 Å². The standard InChI is InChI=1S/C34H30ClNO7/c1-21-25(8-5-9-27(21)23-6-3-2-4-7-23)20-42-32-16-30(26(15-28(32)35)17-36-29(18-37)34(39)40)41-19-22-10-11-24-12-13-33(38)43-31(24)14-22/h2-16,29,36-37H,17-20H2,1H3,(H,39,40)/t29-/m1/s1. The number of ether oxygens (including phenoxy) is 2. The first-order valence-electron chi connectivity index (χ1n) is 13.6. The summed E-state index contributed by atoms with van der Waals surface area (Å²) >= 11 is 6.63. The number of aliphatic hydroxyl groups is 1. The number of halogens is 1. The SMILES string of the molecule is Cc1c(COc2cc(OCc3ccc4ccc(=O)oc4c3)c(CN[C@H](CO)C(=O)O)cc2Cl)cccc1-c1ccccc1. The Labute approximate surface area is 253 Å². The molecule has 0 aliphatic rings. The summed E-state index contributed by atoms with van der Waals surface area (Å²) in [7, 11) is 0. The molecule has 0 saturated heterocycles. The molecule has 5 aromatic rings. The highest BCUT2D eigenvalue weighted by atomic mass is 35.5. The van der Waals surface area contributed by atoms with Crippen molar-refractivity contribution in [3.05, 3.63) is 129 Å². The molecule has 4 aromatic carbocycles. The highest BCUT2D eigenvalue weighted by Crippen LogP contribution is 2.35. The molecule has 0 aliphatic heterocycles. The molecule has 3 N–H and O–H groups in total. The third-order valence-corrected chi connectivity index (χ3v) is 7.43. The van der Waals surface area contributed by atoms with Crippen LogP contribution in [0, 0.1) is 6.92 Å². The predicted molar refractivity (Wildman–Crippen MR) is 165 cm³/mol. The van der Waals surface area contributed by atoms with E-state index in [1.54, 1.807) is 24.3 Å². The van der Waals surface area contributed by atoms with Gasteiger partial charge in [0.05, 0.1) is 11.6 Å². The summed E-state index contributed by atoms with van der Waals surface area (Å²) in [5.74, 6) is -0.369.